The monoisotopic (exact) mass is 326 g/mol. The molecule has 1 aromatic carbocycles. The smallest absolute Gasteiger partial charge is 0.335 e. The normalized spacial score (nSPS) is 13.8. The van der Waals surface area contributed by atoms with E-state index in [0.29, 0.717) is 18.3 Å². The first-order chi connectivity index (χ1) is 11.7. The van der Waals surface area contributed by atoms with Gasteiger partial charge in [-0.25, -0.2) is 4.73 Å². The van der Waals surface area contributed by atoms with Crippen LogP contribution in [0.1, 0.15) is 42.4 Å². The minimum atomic E-state index is 0.370. The Kier molecular flexibility index (Phi) is 4.99. The predicted molar refractivity (Wildman–Crippen MR) is 92.9 cm³/mol. The van der Waals surface area contributed by atoms with Gasteiger partial charge >= 0.3 is 11.7 Å². The zero-order chi connectivity index (χ0) is 16.9. The van der Waals surface area contributed by atoms with E-state index in [1.165, 1.54) is 0 Å². The zero-order valence-corrected chi connectivity index (χ0v) is 14.1. The van der Waals surface area contributed by atoms with Crippen molar-refractivity contribution in [2.24, 2.45) is 0 Å². The van der Waals surface area contributed by atoms with Crippen LogP contribution in [0.3, 0.4) is 0 Å². The van der Waals surface area contributed by atoms with Crippen LogP contribution in [0.2, 0.25) is 0 Å². The number of nitrogens with zero attached hydrogens (tertiary/aromatic N) is 2. The van der Waals surface area contributed by atoms with Crippen molar-refractivity contribution in [3.05, 3.63) is 52.1 Å². The molecule has 24 heavy (non-hydrogen) atoms. The van der Waals surface area contributed by atoms with Gasteiger partial charge in [0.25, 0.3) is 0 Å². The summed E-state index contributed by atoms with van der Waals surface area (Å²) in [5.41, 5.74) is 2.75. The number of benzene rings is 1. The summed E-state index contributed by atoms with van der Waals surface area (Å²) in [6.45, 7) is 2.48. The molecule has 0 saturated heterocycles. The maximum Gasteiger partial charge on any atom is 0.335 e. The van der Waals surface area contributed by atoms with Crippen LogP contribution in [0, 0.1) is 5.21 Å². The summed E-state index contributed by atoms with van der Waals surface area (Å²) in [5.74, 6) is 1.78. The Morgan fingerprint density at radius 1 is 1.17 bits per heavy atom. The Morgan fingerprint density at radius 3 is 2.62 bits per heavy atom. The third-order valence-corrected chi connectivity index (χ3v) is 4.19. The molecule has 1 heterocycles. The molecule has 0 fully saturated rings. The van der Waals surface area contributed by atoms with Crippen LogP contribution in [0.15, 0.2) is 24.3 Å². The van der Waals surface area contributed by atoms with E-state index in [-0.39, 0.29) is 0 Å². The van der Waals surface area contributed by atoms with E-state index in [9.17, 15) is 5.21 Å². The van der Waals surface area contributed by atoms with E-state index in [1.54, 1.807) is 13.2 Å². The second-order valence-electron chi connectivity index (χ2n) is 5.74. The fraction of sp³-hybridized carbons (Fsp3) is 0.368. The Morgan fingerprint density at radius 2 is 1.92 bits per heavy atom. The first-order valence-electron chi connectivity index (χ1n) is 8.33. The summed E-state index contributed by atoms with van der Waals surface area (Å²) in [4.78, 5) is 4.44. The molecular formula is C19H22N2O3. The van der Waals surface area contributed by atoms with Crippen molar-refractivity contribution >= 4 is 12.2 Å². The van der Waals surface area contributed by atoms with Gasteiger partial charge < -0.3 is 14.7 Å². The van der Waals surface area contributed by atoms with Gasteiger partial charge in [0.05, 0.1) is 19.3 Å². The summed E-state index contributed by atoms with van der Waals surface area (Å²) < 4.78 is 11.8. The van der Waals surface area contributed by atoms with Crippen molar-refractivity contribution in [1.82, 2.24) is 4.98 Å². The van der Waals surface area contributed by atoms with Gasteiger partial charge in [-0.15, -0.1) is 0 Å². The SMILES string of the molecule is CCOc1nc(C=Cc2ccc(OC)cc2)[n+]([O-])c2c1CCCC2. The van der Waals surface area contributed by atoms with Crippen molar-refractivity contribution in [2.45, 2.75) is 32.6 Å². The quantitative estimate of drug-likeness (QED) is 0.625. The average molecular weight is 326 g/mol. The first kappa shape index (κ1) is 16.3. The molecule has 0 N–H and O–H groups in total. The minimum absolute atomic E-state index is 0.370. The fourth-order valence-corrected chi connectivity index (χ4v) is 2.95. The van der Waals surface area contributed by atoms with E-state index < -0.39 is 0 Å². The summed E-state index contributed by atoms with van der Waals surface area (Å²) >= 11 is 0. The molecule has 1 aromatic heterocycles. The van der Waals surface area contributed by atoms with Gasteiger partial charge in [-0.05, 0) is 54.9 Å². The van der Waals surface area contributed by atoms with Crippen molar-refractivity contribution in [2.75, 3.05) is 13.7 Å². The van der Waals surface area contributed by atoms with Crippen LogP contribution in [0.25, 0.3) is 12.2 Å². The summed E-state index contributed by atoms with van der Waals surface area (Å²) in [7, 11) is 1.64. The van der Waals surface area contributed by atoms with Crippen molar-refractivity contribution < 1.29 is 14.2 Å². The second kappa shape index (κ2) is 7.34. The summed E-state index contributed by atoms with van der Waals surface area (Å²) in [6, 6.07) is 7.65. The molecule has 0 amide bonds. The van der Waals surface area contributed by atoms with Gasteiger partial charge in [-0.3, -0.25) is 0 Å². The number of fused-ring (bicyclic) bond motifs is 1. The molecule has 1 aliphatic rings. The van der Waals surface area contributed by atoms with Crippen LogP contribution in [-0.4, -0.2) is 18.7 Å². The van der Waals surface area contributed by atoms with E-state index in [0.717, 1.165) is 53.0 Å². The Hall–Kier alpha value is -2.56. The van der Waals surface area contributed by atoms with Gasteiger partial charge in [-0.2, -0.15) is 0 Å². The number of rotatable bonds is 5. The second-order valence-corrected chi connectivity index (χ2v) is 5.74. The number of methoxy groups -OCH3 is 1. The largest absolute Gasteiger partial charge is 0.710 e. The highest BCUT2D eigenvalue weighted by atomic mass is 16.5. The Balaban J connectivity index is 1.94. The maximum atomic E-state index is 12.6. The number of hydrogen-bond acceptors (Lipinski definition) is 4. The molecule has 0 radical (unpaired) electrons. The molecule has 0 aliphatic heterocycles. The van der Waals surface area contributed by atoms with Crippen LogP contribution in [0.4, 0.5) is 0 Å². The van der Waals surface area contributed by atoms with Crippen LogP contribution >= 0.6 is 0 Å². The van der Waals surface area contributed by atoms with Crippen LogP contribution in [0.5, 0.6) is 11.6 Å². The highest BCUT2D eigenvalue weighted by molar-refractivity contribution is 5.66. The fourth-order valence-electron chi connectivity index (χ4n) is 2.95. The van der Waals surface area contributed by atoms with Crippen LogP contribution in [-0.2, 0) is 12.8 Å². The van der Waals surface area contributed by atoms with Gasteiger partial charge in [0.15, 0.2) is 0 Å². The molecule has 126 valence electrons. The third-order valence-electron chi connectivity index (χ3n) is 4.19. The van der Waals surface area contributed by atoms with Crippen LogP contribution < -0.4 is 14.2 Å². The topological polar surface area (TPSA) is 58.3 Å². The number of ether oxygens (including phenoxy) is 2. The predicted octanol–water partition coefficient (Wildman–Crippen LogP) is 3.17. The molecule has 0 unspecified atom stereocenters. The zero-order valence-electron chi connectivity index (χ0n) is 14.1. The minimum Gasteiger partial charge on any atom is -0.710 e. The molecule has 0 spiro atoms. The maximum absolute atomic E-state index is 12.6. The highest BCUT2D eigenvalue weighted by Gasteiger charge is 2.25. The molecule has 5 nitrogen and oxygen atoms in total. The molecule has 0 atom stereocenters. The van der Waals surface area contributed by atoms with E-state index in [4.69, 9.17) is 9.47 Å². The van der Waals surface area contributed by atoms with Gasteiger partial charge in [0, 0.05) is 12.5 Å². The molecule has 1 aliphatic carbocycles. The van der Waals surface area contributed by atoms with Gasteiger partial charge in [0.2, 0.25) is 0 Å². The van der Waals surface area contributed by atoms with Crippen molar-refractivity contribution in [3.8, 4) is 11.6 Å². The molecule has 0 saturated carbocycles. The molecule has 3 rings (SSSR count). The first-order valence-corrected chi connectivity index (χ1v) is 8.33. The molecule has 0 bridgehead atoms. The van der Waals surface area contributed by atoms with Crippen molar-refractivity contribution in [1.29, 1.82) is 0 Å². The lowest BCUT2D eigenvalue weighted by molar-refractivity contribution is -0.620. The highest BCUT2D eigenvalue weighted by Crippen LogP contribution is 2.26. The summed E-state index contributed by atoms with van der Waals surface area (Å²) in [5, 5.41) is 12.6. The summed E-state index contributed by atoms with van der Waals surface area (Å²) in [6.07, 6.45) is 7.38. The molecule has 2 aromatic rings. The van der Waals surface area contributed by atoms with Crippen molar-refractivity contribution in [3.63, 3.8) is 0 Å². The molecular weight excluding hydrogens is 304 g/mol. The van der Waals surface area contributed by atoms with Gasteiger partial charge in [0.1, 0.15) is 11.4 Å². The van der Waals surface area contributed by atoms with E-state index in [1.807, 2.05) is 37.3 Å². The lowest BCUT2D eigenvalue weighted by Gasteiger charge is -2.19. The third kappa shape index (κ3) is 3.35. The van der Waals surface area contributed by atoms with E-state index in [2.05, 4.69) is 4.98 Å². The Bertz CT molecular complexity index is 739. The Labute approximate surface area is 142 Å². The standard InChI is InChI=1S/C19H22N2O3/c1-3-24-19-16-6-4-5-7-17(16)21(22)18(20-19)13-10-14-8-11-15(23-2)12-9-14/h8-13H,3-7H2,1-2H3. The van der Waals surface area contributed by atoms with E-state index >= 15 is 0 Å². The number of aromatic nitrogens is 2. The van der Waals surface area contributed by atoms with Gasteiger partial charge in [-0.1, -0.05) is 12.1 Å². The molecule has 5 heteroatoms. The average Bonchev–Trinajstić information content (AvgIpc) is 2.63. The number of hydrogen-bond donors (Lipinski definition) is 0. The lowest BCUT2D eigenvalue weighted by Crippen LogP contribution is -2.39. The lowest BCUT2D eigenvalue weighted by atomic mass is 9.96.